The zero-order valence-electron chi connectivity index (χ0n) is 16.7. The van der Waals surface area contributed by atoms with Crippen molar-refractivity contribution in [2.24, 2.45) is 0 Å². The monoisotopic (exact) mass is 446 g/mol. The number of hydrogen-bond donors (Lipinski definition) is 0. The molecular formula is C26H16ClFO4. The summed E-state index contributed by atoms with van der Waals surface area (Å²) in [5.41, 5.74) is 0.288. The third-order valence-corrected chi connectivity index (χ3v) is 5.46. The molecule has 0 aliphatic heterocycles. The van der Waals surface area contributed by atoms with Crippen LogP contribution in [0.3, 0.4) is 0 Å². The molecular weight excluding hydrogens is 431 g/mol. The van der Waals surface area contributed by atoms with E-state index in [-0.39, 0.29) is 28.4 Å². The highest BCUT2D eigenvalue weighted by molar-refractivity contribution is 6.31. The number of ether oxygens (including phenoxy) is 2. The van der Waals surface area contributed by atoms with Gasteiger partial charge in [-0.2, -0.15) is 0 Å². The van der Waals surface area contributed by atoms with Crippen molar-refractivity contribution in [3.05, 3.63) is 112 Å². The minimum absolute atomic E-state index is 0.0512. The molecule has 0 N–H and O–H groups in total. The van der Waals surface area contributed by atoms with Crippen LogP contribution in [0.25, 0.3) is 21.7 Å². The number of hydrogen-bond acceptors (Lipinski definition) is 4. The predicted molar refractivity (Wildman–Crippen MR) is 122 cm³/mol. The molecule has 5 rings (SSSR count). The number of benzene rings is 4. The lowest BCUT2D eigenvalue weighted by Crippen LogP contribution is -2.05. The summed E-state index contributed by atoms with van der Waals surface area (Å²) in [6.07, 6.45) is 1.28. The molecule has 0 bridgehead atoms. The van der Waals surface area contributed by atoms with Crippen molar-refractivity contribution >= 4 is 33.3 Å². The summed E-state index contributed by atoms with van der Waals surface area (Å²) in [4.78, 5) is 12.9. The highest BCUT2D eigenvalue weighted by Gasteiger charge is 2.12. The molecule has 1 aromatic heterocycles. The molecule has 0 saturated heterocycles. The fraction of sp³-hybridized carbons (Fsp3) is 0.0385. The fourth-order valence-electron chi connectivity index (χ4n) is 3.43. The lowest BCUT2D eigenvalue weighted by molar-refractivity contribution is 0.300. The lowest BCUT2D eigenvalue weighted by Gasteiger charge is -2.10. The van der Waals surface area contributed by atoms with Crippen molar-refractivity contribution in [2.45, 2.75) is 6.61 Å². The van der Waals surface area contributed by atoms with Crippen LogP contribution >= 0.6 is 11.6 Å². The minimum Gasteiger partial charge on any atom is -0.489 e. The van der Waals surface area contributed by atoms with Gasteiger partial charge in [0.15, 0.2) is 0 Å². The zero-order chi connectivity index (χ0) is 22.1. The molecule has 0 aliphatic rings. The van der Waals surface area contributed by atoms with Gasteiger partial charge in [0, 0.05) is 11.6 Å². The van der Waals surface area contributed by atoms with Gasteiger partial charge in [0.25, 0.3) is 0 Å². The zero-order valence-corrected chi connectivity index (χ0v) is 17.4. The van der Waals surface area contributed by atoms with Crippen LogP contribution in [0.2, 0.25) is 5.02 Å². The maximum Gasteiger partial charge on any atom is 0.235 e. The van der Waals surface area contributed by atoms with Gasteiger partial charge in [0.2, 0.25) is 11.2 Å². The quantitative estimate of drug-likeness (QED) is 0.288. The van der Waals surface area contributed by atoms with Gasteiger partial charge < -0.3 is 13.9 Å². The summed E-state index contributed by atoms with van der Waals surface area (Å²) in [7, 11) is 0. The van der Waals surface area contributed by atoms with Crippen molar-refractivity contribution in [3.63, 3.8) is 0 Å². The molecule has 6 heteroatoms. The second kappa shape index (κ2) is 8.36. The summed E-state index contributed by atoms with van der Waals surface area (Å²) in [6.45, 7) is -0.0512. The molecule has 5 aromatic rings. The lowest BCUT2D eigenvalue weighted by atomic mass is 10.1. The molecule has 0 aliphatic carbocycles. The van der Waals surface area contributed by atoms with E-state index in [2.05, 4.69) is 0 Å². The summed E-state index contributed by atoms with van der Waals surface area (Å²) < 4.78 is 31.0. The van der Waals surface area contributed by atoms with E-state index in [0.717, 1.165) is 10.8 Å². The van der Waals surface area contributed by atoms with Crippen molar-refractivity contribution in [3.8, 4) is 17.2 Å². The number of fused-ring (bicyclic) bond motifs is 2. The minimum atomic E-state index is -0.444. The first-order chi connectivity index (χ1) is 15.6. The van der Waals surface area contributed by atoms with Gasteiger partial charge in [-0.05, 0) is 47.2 Å². The average molecular weight is 447 g/mol. The van der Waals surface area contributed by atoms with Crippen LogP contribution < -0.4 is 14.9 Å². The molecule has 4 nitrogen and oxygen atoms in total. The summed E-state index contributed by atoms with van der Waals surface area (Å²) in [6, 6.07) is 22.7. The van der Waals surface area contributed by atoms with Crippen LogP contribution in [0.1, 0.15) is 5.56 Å². The molecule has 0 saturated carbocycles. The average Bonchev–Trinajstić information content (AvgIpc) is 2.80. The van der Waals surface area contributed by atoms with E-state index in [1.54, 1.807) is 30.3 Å². The molecule has 0 amide bonds. The first-order valence-corrected chi connectivity index (χ1v) is 10.2. The van der Waals surface area contributed by atoms with E-state index < -0.39 is 5.82 Å². The van der Waals surface area contributed by atoms with Gasteiger partial charge in [-0.3, -0.25) is 4.79 Å². The third kappa shape index (κ3) is 3.90. The Morgan fingerprint density at radius 1 is 0.875 bits per heavy atom. The Kier molecular flexibility index (Phi) is 5.25. The highest BCUT2D eigenvalue weighted by Crippen LogP contribution is 2.27. The first kappa shape index (κ1) is 20.1. The maximum absolute atomic E-state index is 13.9. The Morgan fingerprint density at radius 2 is 1.69 bits per heavy atom. The van der Waals surface area contributed by atoms with Crippen molar-refractivity contribution in [2.75, 3.05) is 0 Å². The first-order valence-electron chi connectivity index (χ1n) is 9.86. The smallest absolute Gasteiger partial charge is 0.235 e. The third-order valence-electron chi connectivity index (χ3n) is 5.11. The van der Waals surface area contributed by atoms with E-state index >= 15 is 0 Å². The summed E-state index contributed by atoms with van der Waals surface area (Å²) in [5, 5.41) is 2.72. The second-order valence-corrected chi connectivity index (χ2v) is 7.59. The molecule has 0 fully saturated rings. The van der Waals surface area contributed by atoms with Crippen LogP contribution in [0.5, 0.6) is 17.2 Å². The Bertz CT molecular complexity index is 1490. The topological polar surface area (TPSA) is 48.7 Å². The predicted octanol–water partition coefficient (Wildman–Crippen LogP) is 7.11. The Balaban J connectivity index is 1.39. The molecule has 0 spiro atoms. The normalized spacial score (nSPS) is 11.1. The summed E-state index contributed by atoms with van der Waals surface area (Å²) >= 11 is 6.03. The summed E-state index contributed by atoms with van der Waals surface area (Å²) in [5.74, 6) is 0.597. The van der Waals surface area contributed by atoms with Crippen LogP contribution in [0.15, 0.2) is 94.3 Å². The van der Waals surface area contributed by atoms with E-state index in [9.17, 15) is 9.18 Å². The molecule has 158 valence electrons. The van der Waals surface area contributed by atoms with Gasteiger partial charge in [0.05, 0.1) is 10.4 Å². The Labute approximate surface area is 187 Å². The van der Waals surface area contributed by atoms with E-state index in [4.69, 9.17) is 25.5 Å². The fourth-order valence-corrected chi connectivity index (χ4v) is 3.65. The van der Waals surface area contributed by atoms with Crippen molar-refractivity contribution in [1.29, 1.82) is 0 Å². The van der Waals surface area contributed by atoms with Crippen LogP contribution in [0.4, 0.5) is 4.39 Å². The van der Waals surface area contributed by atoms with Crippen LogP contribution in [-0.4, -0.2) is 0 Å². The number of halogens is 2. The van der Waals surface area contributed by atoms with Gasteiger partial charge in [-0.1, -0.05) is 48.0 Å². The van der Waals surface area contributed by atoms with E-state index in [1.807, 2.05) is 36.4 Å². The largest absolute Gasteiger partial charge is 0.489 e. The molecule has 32 heavy (non-hydrogen) atoms. The van der Waals surface area contributed by atoms with E-state index in [0.29, 0.717) is 22.5 Å². The van der Waals surface area contributed by atoms with Gasteiger partial charge in [0.1, 0.15) is 35.8 Å². The van der Waals surface area contributed by atoms with Crippen molar-refractivity contribution in [1.82, 2.24) is 0 Å². The Hall–Kier alpha value is -3.83. The molecule has 1 heterocycles. The molecule has 0 radical (unpaired) electrons. The van der Waals surface area contributed by atoms with E-state index in [1.165, 1.54) is 18.4 Å². The second-order valence-electron chi connectivity index (χ2n) is 7.19. The molecule has 0 unspecified atom stereocenters. The van der Waals surface area contributed by atoms with Gasteiger partial charge in [-0.25, -0.2) is 4.39 Å². The SMILES string of the molecule is O=c1c(Oc2ccc3ccccc3c2)coc2cc(OCc3c(F)cccc3Cl)ccc12. The highest BCUT2D eigenvalue weighted by atomic mass is 35.5. The van der Waals surface area contributed by atoms with Crippen LogP contribution in [-0.2, 0) is 6.61 Å². The van der Waals surface area contributed by atoms with Crippen molar-refractivity contribution < 1.29 is 18.3 Å². The van der Waals surface area contributed by atoms with Gasteiger partial charge in [-0.15, -0.1) is 0 Å². The maximum atomic E-state index is 13.9. The molecule has 4 aromatic carbocycles. The standard InChI is InChI=1S/C26H16ClFO4/c27-22-6-3-7-23(28)21(22)14-30-18-10-11-20-24(13-18)31-15-25(26(20)29)32-19-9-8-16-4-1-2-5-17(16)12-19/h1-13,15H,14H2. The Morgan fingerprint density at radius 3 is 2.53 bits per heavy atom. The van der Waals surface area contributed by atoms with Crippen LogP contribution in [0, 0.1) is 5.82 Å². The molecule has 0 atom stereocenters. The van der Waals surface area contributed by atoms with Gasteiger partial charge >= 0.3 is 0 Å². The number of rotatable bonds is 5.